The van der Waals surface area contributed by atoms with E-state index in [1.165, 1.54) is 17.8 Å². The van der Waals surface area contributed by atoms with Gasteiger partial charge in [-0.3, -0.25) is 14.9 Å². The molecule has 2 aromatic rings. The van der Waals surface area contributed by atoms with Crippen LogP contribution in [0.25, 0.3) is 0 Å². The molecule has 1 aliphatic heterocycles. The van der Waals surface area contributed by atoms with Gasteiger partial charge in [0.2, 0.25) is 0 Å². The number of ether oxygens (including phenoxy) is 1. The molecule has 0 atom stereocenters. The minimum Gasteiger partial charge on any atom is -0.497 e. The lowest BCUT2D eigenvalue weighted by atomic mass is 10.1. The second-order valence-electron chi connectivity index (χ2n) is 5.97. The van der Waals surface area contributed by atoms with E-state index in [-0.39, 0.29) is 11.8 Å². The molecule has 0 bridgehead atoms. The molecular weight excluding hydrogens is 338 g/mol. The van der Waals surface area contributed by atoms with Crippen LogP contribution in [0.3, 0.4) is 0 Å². The van der Waals surface area contributed by atoms with Crippen LogP contribution in [0, 0.1) is 6.92 Å². The second-order valence-corrected chi connectivity index (χ2v) is 6.97. The molecule has 2 heterocycles. The van der Waals surface area contributed by atoms with Crippen LogP contribution in [0.15, 0.2) is 24.3 Å². The number of aromatic nitrogens is 1. The third-order valence-corrected chi connectivity index (χ3v) is 5.27. The van der Waals surface area contributed by atoms with Crippen molar-refractivity contribution in [2.75, 3.05) is 25.5 Å². The smallest absolute Gasteiger partial charge is 0.265 e. The molecule has 1 saturated heterocycles. The molecule has 0 saturated carbocycles. The highest BCUT2D eigenvalue weighted by molar-refractivity contribution is 7.17. The van der Waals surface area contributed by atoms with Crippen molar-refractivity contribution in [3.8, 4) is 5.75 Å². The second kappa shape index (κ2) is 7.65. The van der Waals surface area contributed by atoms with Gasteiger partial charge in [-0.15, -0.1) is 0 Å². The highest BCUT2D eigenvalue weighted by Gasteiger charge is 2.23. The van der Waals surface area contributed by atoms with Gasteiger partial charge in [0.1, 0.15) is 10.6 Å². The van der Waals surface area contributed by atoms with E-state index in [4.69, 9.17) is 4.74 Å². The van der Waals surface area contributed by atoms with Gasteiger partial charge >= 0.3 is 0 Å². The zero-order chi connectivity index (χ0) is 17.8. The van der Waals surface area contributed by atoms with Crippen molar-refractivity contribution in [1.82, 2.24) is 9.88 Å². The monoisotopic (exact) mass is 359 g/mol. The van der Waals surface area contributed by atoms with Crippen LogP contribution in [-0.4, -0.2) is 41.9 Å². The molecule has 1 aliphatic rings. The Morgan fingerprint density at radius 1 is 1.16 bits per heavy atom. The van der Waals surface area contributed by atoms with E-state index in [1.807, 2.05) is 4.90 Å². The first-order chi connectivity index (χ1) is 12.1. The summed E-state index contributed by atoms with van der Waals surface area (Å²) in [6.45, 7) is 3.39. The average Bonchev–Trinajstić information content (AvgIpc) is 3.02. The molecule has 1 aromatic carbocycles. The Morgan fingerprint density at radius 3 is 2.48 bits per heavy atom. The van der Waals surface area contributed by atoms with Gasteiger partial charge < -0.3 is 9.64 Å². The lowest BCUT2D eigenvalue weighted by Crippen LogP contribution is -2.35. The Labute approximate surface area is 150 Å². The average molecular weight is 359 g/mol. The van der Waals surface area contributed by atoms with E-state index in [0.717, 1.165) is 25.9 Å². The molecule has 132 valence electrons. The number of nitrogens with one attached hydrogen (secondary N) is 1. The van der Waals surface area contributed by atoms with Crippen molar-refractivity contribution >= 4 is 28.3 Å². The molecule has 0 spiro atoms. The van der Waals surface area contributed by atoms with Crippen LogP contribution in [0.1, 0.15) is 45.0 Å². The molecule has 0 radical (unpaired) electrons. The van der Waals surface area contributed by atoms with Crippen LogP contribution in [0.2, 0.25) is 0 Å². The first-order valence-corrected chi connectivity index (χ1v) is 9.12. The lowest BCUT2D eigenvalue weighted by Gasteiger charge is -2.26. The number of amides is 2. The van der Waals surface area contributed by atoms with E-state index in [1.54, 1.807) is 38.3 Å². The minimum absolute atomic E-state index is 0.0136. The summed E-state index contributed by atoms with van der Waals surface area (Å²) in [5.74, 6) is 0.448. The van der Waals surface area contributed by atoms with Crippen LogP contribution >= 0.6 is 11.3 Å². The largest absolute Gasteiger partial charge is 0.497 e. The molecule has 3 rings (SSSR count). The Morgan fingerprint density at radius 2 is 1.84 bits per heavy atom. The maximum atomic E-state index is 12.6. The van der Waals surface area contributed by atoms with E-state index in [0.29, 0.717) is 27.0 Å². The number of rotatable bonds is 4. The number of likely N-dealkylation sites (tertiary alicyclic amines) is 1. The normalized spacial score (nSPS) is 14.2. The highest BCUT2D eigenvalue weighted by Crippen LogP contribution is 2.26. The SMILES string of the molecule is COc1ccc(C(=O)Nc2nc(C)c(C(=O)N3CCCCC3)s2)cc1. The van der Waals surface area contributed by atoms with E-state index < -0.39 is 0 Å². The van der Waals surface area contributed by atoms with Crippen molar-refractivity contribution in [2.24, 2.45) is 0 Å². The molecular formula is C18H21N3O3S. The van der Waals surface area contributed by atoms with Crippen molar-refractivity contribution in [2.45, 2.75) is 26.2 Å². The fourth-order valence-electron chi connectivity index (χ4n) is 2.80. The van der Waals surface area contributed by atoms with Crippen molar-refractivity contribution in [3.05, 3.63) is 40.4 Å². The Hall–Kier alpha value is -2.41. The molecule has 0 aliphatic carbocycles. The summed E-state index contributed by atoms with van der Waals surface area (Å²) in [6, 6.07) is 6.84. The third-order valence-electron chi connectivity index (χ3n) is 4.21. The standard InChI is InChI=1S/C18H21N3O3S/c1-12-15(17(23)21-10-4-3-5-11-21)25-18(19-12)20-16(22)13-6-8-14(24-2)9-7-13/h6-9H,3-5,10-11H2,1-2H3,(H,19,20,22). The number of thiazole rings is 1. The summed E-state index contributed by atoms with van der Waals surface area (Å²) in [5.41, 5.74) is 1.17. The van der Waals surface area contributed by atoms with Crippen LogP contribution in [0.4, 0.5) is 5.13 Å². The molecule has 7 heteroatoms. The van der Waals surface area contributed by atoms with Gasteiger partial charge in [-0.2, -0.15) is 0 Å². The lowest BCUT2D eigenvalue weighted by molar-refractivity contribution is 0.0728. The zero-order valence-electron chi connectivity index (χ0n) is 14.4. The molecule has 1 N–H and O–H groups in total. The number of nitrogens with zero attached hydrogens (tertiary/aromatic N) is 2. The number of methoxy groups -OCH3 is 1. The predicted molar refractivity (Wildman–Crippen MR) is 97.6 cm³/mol. The quantitative estimate of drug-likeness (QED) is 0.909. The van der Waals surface area contributed by atoms with Crippen LogP contribution < -0.4 is 10.1 Å². The molecule has 6 nitrogen and oxygen atoms in total. The summed E-state index contributed by atoms with van der Waals surface area (Å²) in [4.78, 5) is 31.8. The van der Waals surface area contributed by atoms with E-state index in [9.17, 15) is 9.59 Å². The number of piperidine rings is 1. The van der Waals surface area contributed by atoms with Gasteiger partial charge in [-0.05, 0) is 50.5 Å². The summed E-state index contributed by atoms with van der Waals surface area (Å²) in [7, 11) is 1.58. The number of aryl methyl sites for hydroxylation is 1. The van der Waals surface area contributed by atoms with Gasteiger partial charge in [-0.1, -0.05) is 11.3 Å². The number of hydrogen-bond donors (Lipinski definition) is 1. The van der Waals surface area contributed by atoms with Gasteiger partial charge in [0.05, 0.1) is 12.8 Å². The summed E-state index contributed by atoms with van der Waals surface area (Å²) in [6.07, 6.45) is 3.27. The summed E-state index contributed by atoms with van der Waals surface area (Å²) in [5, 5.41) is 3.21. The number of anilines is 1. The topological polar surface area (TPSA) is 71.5 Å². The predicted octanol–water partition coefficient (Wildman–Crippen LogP) is 3.34. The first-order valence-electron chi connectivity index (χ1n) is 8.30. The first kappa shape index (κ1) is 17.4. The number of carbonyl (C=O) groups is 2. The summed E-state index contributed by atoms with van der Waals surface area (Å²) >= 11 is 1.23. The minimum atomic E-state index is -0.256. The van der Waals surface area contributed by atoms with Gasteiger partial charge in [0, 0.05) is 18.7 Å². The van der Waals surface area contributed by atoms with E-state index in [2.05, 4.69) is 10.3 Å². The Kier molecular flexibility index (Phi) is 5.33. The van der Waals surface area contributed by atoms with Gasteiger partial charge in [0.15, 0.2) is 5.13 Å². The van der Waals surface area contributed by atoms with E-state index >= 15 is 0 Å². The maximum absolute atomic E-state index is 12.6. The molecule has 0 unspecified atom stereocenters. The van der Waals surface area contributed by atoms with Crippen LogP contribution in [0.5, 0.6) is 5.75 Å². The Balaban J connectivity index is 1.70. The number of carbonyl (C=O) groups excluding carboxylic acids is 2. The Bertz CT molecular complexity index is 764. The fourth-order valence-corrected chi connectivity index (χ4v) is 3.73. The zero-order valence-corrected chi connectivity index (χ0v) is 15.2. The third kappa shape index (κ3) is 3.99. The van der Waals surface area contributed by atoms with Crippen molar-refractivity contribution < 1.29 is 14.3 Å². The molecule has 1 aromatic heterocycles. The highest BCUT2D eigenvalue weighted by atomic mass is 32.1. The molecule has 1 fully saturated rings. The molecule has 25 heavy (non-hydrogen) atoms. The summed E-state index contributed by atoms with van der Waals surface area (Å²) < 4.78 is 5.09. The maximum Gasteiger partial charge on any atom is 0.265 e. The van der Waals surface area contributed by atoms with Gasteiger partial charge in [-0.25, -0.2) is 4.98 Å². The van der Waals surface area contributed by atoms with Gasteiger partial charge in [0.25, 0.3) is 11.8 Å². The number of hydrogen-bond acceptors (Lipinski definition) is 5. The molecule has 2 amide bonds. The van der Waals surface area contributed by atoms with Crippen molar-refractivity contribution in [1.29, 1.82) is 0 Å². The fraction of sp³-hybridized carbons (Fsp3) is 0.389. The number of benzene rings is 1. The van der Waals surface area contributed by atoms with Crippen molar-refractivity contribution in [3.63, 3.8) is 0 Å². The van der Waals surface area contributed by atoms with Crippen LogP contribution in [-0.2, 0) is 0 Å².